The normalized spacial score (nSPS) is 10.4. The van der Waals surface area contributed by atoms with Crippen LogP contribution in [0.4, 0.5) is 5.69 Å². The van der Waals surface area contributed by atoms with Crippen molar-refractivity contribution in [1.29, 1.82) is 0 Å². The molecule has 0 radical (unpaired) electrons. The highest BCUT2D eigenvalue weighted by atomic mass is 16.6. The molecule has 0 fully saturated rings. The van der Waals surface area contributed by atoms with Gasteiger partial charge in [-0.15, -0.1) is 0 Å². The molecule has 0 N–H and O–H groups in total. The SMILES string of the molecule is COc1ccc(OC)c(COC(=O)c2ccc(-n3cncn3)c([N+](=O)[O-])c2)c1. The van der Waals surface area contributed by atoms with E-state index < -0.39 is 10.9 Å². The fourth-order valence-corrected chi connectivity index (χ4v) is 2.54. The van der Waals surface area contributed by atoms with Crippen molar-refractivity contribution in [3.63, 3.8) is 0 Å². The molecule has 0 unspecified atom stereocenters. The number of hydrogen-bond donors (Lipinski definition) is 0. The van der Waals surface area contributed by atoms with Gasteiger partial charge in [-0.2, -0.15) is 5.10 Å². The Bertz CT molecular complexity index is 1000. The molecule has 28 heavy (non-hydrogen) atoms. The molecule has 0 saturated carbocycles. The lowest BCUT2D eigenvalue weighted by Crippen LogP contribution is -2.08. The van der Waals surface area contributed by atoms with E-state index in [0.717, 1.165) is 6.07 Å². The molecule has 10 heteroatoms. The van der Waals surface area contributed by atoms with Crippen LogP contribution in [0.15, 0.2) is 49.1 Å². The van der Waals surface area contributed by atoms with Crippen molar-refractivity contribution in [2.45, 2.75) is 6.61 Å². The standard InChI is InChI=1S/C18H16N4O6/c1-26-14-4-6-17(27-2)13(7-14)9-28-18(23)12-3-5-15(16(8-12)22(24)25)21-11-19-10-20-21/h3-8,10-11H,9H2,1-2H3. The van der Waals surface area contributed by atoms with Crippen LogP contribution < -0.4 is 9.47 Å². The Hall–Kier alpha value is -3.95. The molecule has 10 nitrogen and oxygen atoms in total. The molecule has 1 aromatic heterocycles. The van der Waals surface area contributed by atoms with E-state index in [9.17, 15) is 14.9 Å². The van der Waals surface area contributed by atoms with Crippen LogP contribution in [0, 0.1) is 10.1 Å². The van der Waals surface area contributed by atoms with Crippen molar-refractivity contribution < 1.29 is 23.9 Å². The lowest BCUT2D eigenvalue weighted by Gasteiger charge is -2.11. The predicted octanol–water partition coefficient (Wildman–Crippen LogP) is 2.55. The first-order valence-electron chi connectivity index (χ1n) is 8.05. The van der Waals surface area contributed by atoms with Gasteiger partial charge in [-0.3, -0.25) is 10.1 Å². The van der Waals surface area contributed by atoms with E-state index in [-0.39, 0.29) is 23.5 Å². The number of carbonyl (C=O) groups excluding carboxylic acids is 1. The highest BCUT2D eigenvalue weighted by Gasteiger charge is 2.20. The van der Waals surface area contributed by atoms with Gasteiger partial charge >= 0.3 is 5.97 Å². The first kappa shape index (κ1) is 18.8. The molecule has 2 aromatic carbocycles. The quantitative estimate of drug-likeness (QED) is 0.346. The summed E-state index contributed by atoms with van der Waals surface area (Å²) in [6, 6.07) is 9.07. The zero-order chi connectivity index (χ0) is 20.1. The summed E-state index contributed by atoms with van der Waals surface area (Å²) in [7, 11) is 3.02. The third-order valence-electron chi connectivity index (χ3n) is 3.92. The van der Waals surface area contributed by atoms with Crippen molar-refractivity contribution in [1.82, 2.24) is 14.8 Å². The number of methoxy groups -OCH3 is 2. The van der Waals surface area contributed by atoms with E-state index >= 15 is 0 Å². The first-order valence-corrected chi connectivity index (χ1v) is 8.05. The summed E-state index contributed by atoms with van der Waals surface area (Å²) in [5, 5.41) is 15.3. The van der Waals surface area contributed by atoms with Gasteiger partial charge in [-0.05, 0) is 30.3 Å². The topological polar surface area (TPSA) is 119 Å². The van der Waals surface area contributed by atoms with Crippen LogP contribution in [0.25, 0.3) is 5.69 Å². The first-order chi connectivity index (χ1) is 13.5. The van der Waals surface area contributed by atoms with E-state index in [0.29, 0.717) is 17.1 Å². The smallest absolute Gasteiger partial charge is 0.338 e. The largest absolute Gasteiger partial charge is 0.497 e. The van der Waals surface area contributed by atoms with E-state index in [1.165, 1.54) is 43.7 Å². The van der Waals surface area contributed by atoms with Gasteiger partial charge in [0.25, 0.3) is 5.69 Å². The molecule has 3 aromatic rings. The Morgan fingerprint density at radius 1 is 1.18 bits per heavy atom. The number of nitrogens with zero attached hydrogens (tertiary/aromatic N) is 4. The van der Waals surface area contributed by atoms with Gasteiger partial charge in [0, 0.05) is 11.6 Å². The van der Waals surface area contributed by atoms with Crippen LogP contribution in [-0.4, -0.2) is 39.9 Å². The second kappa shape index (κ2) is 8.16. The van der Waals surface area contributed by atoms with Gasteiger partial charge in [-0.1, -0.05) is 0 Å². The Morgan fingerprint density at radius 3 is 2.64 bits per heavy atom. The van der Waals surface area contributed by atoms with E-state index in [1.54, 1.807) is 18.2 Å². The second-order valence-corrected chi connectivity index (χ2v) is 5.55. The molecule has 144 valence electrons. The lowest BCUT2D eigenvalue weighted by molar-refractivity contribution is -0.384. The van der Waals surface area contributed by atoms with E-state index in [1.807, 2.05) is 0 Å². The maximum absolute atomic E-state index is 12.4. The van der Waals surface area contributed by atoms with Crippen LogP contribution in [0.3, 0.4) is 0 Å². The minimum Gasteiger partial charge on any atom is -0.497 e. The maximum atomic E-state index is 12.4. The average Bonchev–Trinajstić information content (AvgIpc) is 3.25. The summed E-state index contributed by atoms with van der Waals surface area (Å²) in [4.78, 5) is 26.9. The number of benzene rings is 2. The van der Waals surface area contributed by atoms with Gasteiger partial charge in [0.05, 0.1) is 24.7 Å². The Balaban J connectivity index is 1.82. The van der Waals surface area contributed by atoms with Crippen LogP contribution in [0.1, 0.15) is 15.9 Å². The van der Waals surface area contributed by atoms with Crippen LogP contribution in [-0.2, 0) is 11.3 Å². The van der Waals surface area contributed by atoms with Crippen molar-refractivity contribution in [2.75, 3.05) is 14.2 Å². The third-order valence-corrected chi connectivity index (χ3v) is 3.92. The monoisotopic (exact) mass is 384 g/mol. The second-order valence-electron chi connectivity index (χ2n) is 5.55. The molecule has 0 atom stereocenters. The minimum absolute atomic E-state index is 0.0393. The molecule has 3 rings (SSSR count). The van der Waals surface area contributed by atoms with E-state index in [2.05, 4.69) is 10.1 Å². The zero-order valence-corrected chi connectivity index (χ0v) is 15.1. The van der Waals surface area contributed by atoms with Crippen LogP contribution in [0.5, 0.6) is 11.5 Å². The van der Waals surface area contributed by atoms with Crippen molar-refractivity contribution in [3.05, 3.63) is 70.3 Å². The number of nitro benzene ring substituents is 1. The third kappa shape index (κ3) is 3.90. The zero-order valence-electron chi connectivity index (χ0n) is 15.1. The van der Waals surface area contributed by atoms with Crippen molar-refractivity contribution in [3.8, 4) is 17.2 Å². The highest BCUT2D eigenvalue weighted by Crippen LogP contribution is 2.26. The van der Waals surface area contributed by atoms with Gasteiger partial charge in [-0.25, -0.2) is 14.5 Å². The minimum atomic E-state index is -0.710. The number of nitro groups is 1. The maximum Gasteiger partial charge on any atom is 0.338 e. The molecular formula is C18H16N4O6. The Morgan fingerprint density at radius 2 is 2.00 bits per heavy atom. The number of esters is 1. The molecular weight excluding hydrogens is 368 g/mol. The fourth-order valence-electron chi connectivity index (χ4n) is 2.54. The number of hydrogen-bond acceptors (Lipinski definition) is 8. The van der Waals surface area contributed by atoms with Gasteiger partial charge in [0.15, 0.2) is 0 Å². The molecule has 0 aliphatic rings. The average molecular weight is 384 g/mol. The summed E-state index contributed by atoms with van der Waals surface area (Å²) in [5.74, 6) is 0.402. The van der Waals surface area contributed by atoms with Gasteiger partial charge in [0.1, 0.15) is 36.4 Å². The summed E-state index contributed by atoms with van der Waals surface area (Å²) in [5.41, 5.74) is 0.536. The predicted molar refractivity (Wildman–Crippen MR) is 96.7 cm³/mol. The van der Waals surface area contributed by atoms with E-state index in [4.69, 9.17) is 14.2 Å². The molecule has 0 saturated heterocycles. The number of aromatic nitrogens is 3. The van der Waals surface area contributed by atoms with Crippen molar-refractivity contribution >= 4 is 11.7 Å². The highest BCUT2D eigenvalue weighted by molar-refractivity contribution is 5.90. The summed E-state index contributed by atoms with van der Waals surface area (Å²) in [6.45, 7) is -0.0855. The Labute approximate surface area is 159 Å². The summed E-state index contributed by atoms with van der Waals surface area (Å²) in [6.07, 6.45) is 2.59. The molecule has 0 aliphatic heterocycles. The van der Waals surface area contributed by atoms with Gasteiger partial charge < -0.3 is 14.2 Å². The molecule has 0 aliphatic carbocycles. The van der Waals surface area contributed by atoms with Gasteiger partial charge in [0.2, 0.25) is 0 Å². The van der Waals surface area contributed by atoms with Crippen LogP contribution >= 0.6 is 0 Å². The molecule has 0 bridgehead atoms. The summed E-state index contributed by atoms with van der Waals surface area (Å²) < 4.78 is 16.9. The Kier molecular flexibility index (Phi) is 5.49. The molecule has 0 spiro atoms. The fraction of sp³-hybridized carbons (Fsp3) is 0.167. The number of carbonyl (C=O) groups is 1. The molecule has 1 heterocycles. The number of rotatable bonds is 7. The summed E-state index contributed by atoms with van der Waals surface area (Å²) >= 11 is 0. The van der Waals surface area contributed by atoms with Crippen molar-refractivity contribution in [2.24, 2.45) is 0 Å². The number of ether oxygens (including phenoxy) is 3. The lowest BCUT2D eigenvalue weighted by atomic mass is 10.1. The molecule has 0 amide bonds. The van der Waals surface area contributed by atoms with Crippen LogP contribution in [0.2, 0.25) is 0 Å².